The van der Waals surface area contributed by atoms with Crippen molar-refractivity contribution in [2.45, 2.75) is 38.3 Å². The first-order valence-corrected chi connectivity index (χ1v) is 6.84. The second kappa shape index (κ2) is 7.71. The van der Waals surface area contributed by atoms with Crippen molar-refractivity contribution in [1.29, 1.82) is 0 Å². The molecule has 0 aliphatic carbocycles. The van der Waals surface area contributed by atoms with Crippen LogP contribution in [0.5, 0.6) is 0 Å². The predicted molar refractivity (Wildman–Crippen MR) is 72.4 cm³/mol. The highest BCUT2D eigenvalue weighted by molar-refractivity contribution is 5.77. The van der Waals surface area contributed by atoms with Gasteiger partial charge in [-0.2, -0.15) is 0 Å². The van der Waals surface area contributed by atoms with Crippen LogP contribution in [0.15, 0.2) is 0 Å². The monoisotopic (exact) mass is 257 g/mol. The quantitative estimate of drug-likeness (QED) is 0.712. The first kappa shape index (κ1) is 15.4. The maximum absolute atomic E-state index is 12.3. The van der Waals surface area contributed by atoms with Crippen LogP contribution in [0.2, 0.25) is 0 Å². The third kappa shape index (κ3) is 4.55. The van der Waals surface area contributed by atoms with Gasteiger partial charge < -0.3 is 20.3 Å². The van der Waals surface area contributed by atoms with Crippen molar-refractivity contribution in [2.75, 3.05) is 40.3 Å². The largest absolute Gasteiger partial charge is 0.377 e. The van der Waals surface area contributed by atoms with E-state index in [9.17, 15) is 4.79 Å². The summed E-state index contributed by atoms with van der Waals surface area (Å²) in [6, 6.07) is 0.354. The van der Waals surface area contributed by atoms with Crippen molar-refractivity contribution < 1.29 is 9.53 Å². The molecule has 0 radical (unpaired) electrons. The minimum atomic E-state index is -0.136. The van der Waals surface area contributed by atoms with Crippen molar-refractivity contribution >= 4 is 5.91 Å². The Morgan fingerprint density at radius 1 is 1.56 bits per heavy atom. The summed E-state index contributed by atoms with van der Waals surface area (Å²) in [6.45, 7) is 4.76. The molecule has 0 bridgehead atoms. The zero-order chi connectivity index (χ0) is 13.5. The summed E-state index contributed by atoms with van der Waals surface area (Å²) in [7, 11) is 4.09. The van der Waals surface area contributed by atoms with Gasteiger partial charge in [-0.25, -0.2) is 0 Å². The van der Waals surface area contributed by atoms with Gasteiger partial charge in [-0.05, 0) is 33.9 Å². The van der Waals surface area contributed by atoms with Crippen molar-refractivity contribution in [1.82, 2.24) is 9.80 Å². The van der Waals surface area contributed by atoms with E-state index in [1.54, 1.807) is 0 Å². The fourth-order valence-electron chi connectivity index (χ4n) is 2.53. The molecule has 0 spiro atoms. The Bertz CT molecular complexity index is 259. The van der Waals surface area contributed by atoms with Gasteiger partial charge in [0.2, 0.25) is 5.91 Å². The van der Waals surface area contributed by atoms with Gasteiger partial charge in [0.1, 0.15) is 0 Å². The van der Waals surface area contributed by atoms with Gasteiger partial charge >= 0.3 is 0 Å². The molecule has 106 valence electrons. The molecule has 2 unspecified atom stereocenters. The van der Waals surface area contributed by atoms with Crippen molar-refractivity contribution in [3.8, 4) is 0 Å². The fraction of sp³-hybridized carbons (Fsp3) is 0.923. The van der Waals surface area contributed by atoms with Gasteiger partial charge in [0.15, 0.2) is 0 Å². The second-order valence-electron chi connectivity index (χ2n) is 5.16. The van der Waals surface area contributed by atoms with Gasteiger partial charge in [-0.1, -0.05) is 0 Å². The van der Waals surface area contributed by atoms with Gasteiger partial charge in [-0.15, -0.1) is 0 Å². The molecule has 0 aromatic heterocycles. The first-order chi connectivity index (χ1) is 8.58. The van der Waals surface area contributed by atoms with Crippen LogP contribution in [-0.2, 0) is 9.53 Å². The summed E-state index contributed by atoms with van der Waals surface area (Å²) in [6.07, 6.45) is 2.48. The van der Waals surface area contributed by atoms with Gasteiger partial charge in [0.05, 0.1) is 12.5 Å². The minimum absolute atomic E-state index is 0.136. The van der Waals surface area contributed by atoms with Crippen LogP contribution in [0.25, 0.3) is 0 Å². The van der Waals surface area contributed by atoms with Crippen LogP contribution in [0.3, 0.4) is 0 Å². The average molecular weight is 257 g/mol. The topological polar surface area (TPSA) is 58.8 Å². The molecule has 1 fully saturated rings. The lowest BCUT2D eigenvalue weighted by Crippen LogP contribution is -2.43. The number of hydrogen-bond donors (Lipinski definition) is 1. The fourth-order valence-corrected chi connectivity index (χ4v) is 2.53. The number of rotatable bonds is 7. The molecule has 1 saturated heterocycles. The van der Waals surface area contributed by atoms with Gasteiger partial charge in [0.25, 0.3) is 0 Å². The van der Waals surface area contributed by atoms with Crippen LogP contribution >= 0.6 is 0 Å². The molecule has 1 rings (SSSR count). The zero-order valence-electron chi connectivity index (χ0n) is 11.9. The molecule has 18 heavy (non-hydrogen) atoms. The summed E-state index contributed by atoms with van der Waals surface area (Å²) in [5.41, 5.74) is 5.62. The Kier molecular flexibility index (Phi) is 6.60. The first-order valence-electron chi connectivity index (χ1n) is 6.84. The number of ether oxygens (including phenoxy) is 1. The Balaban J connectivity index is 2.48. The molecule has 0 saturated carbocycles. The van der Waals surface area contributed by atoms with Crippen LogP contribution < -0.4 is 5.73 Å². The summed E-state index contributed by atoms with van der Waals surface area (Å²) >= 11 is 0. The van der Waals surface area contributed by atoms with Gasteiger partial charge in [-0.3, -0.25) is 4.79 Å². The lowest BCUT2D eigenvalue weighted by atomic mass is 10.2. The number of likely N-dealkylation sites (N-methyl/N-ethyl adjacent to an activating group) is 1. The number of nitrogens with two attached hydrogens (primary N) is 1. The Labute approximate surface area is 110 Å². The number of amides is 1. The Morgan fingerprint density at radius 2 is 2.28 bits per heavy atom. The van der Waals surface area contributed by atoms with Gasteiger partial charge in [0, 0.05) is 32.3 Å². The van der Waals surface area contributed by atoms with E-state index in [4.69, 9.17) is 10.5 Å². The summed E-state index contributed by atoms with van der Waals surface area (Å²) in [5.74, 6) is 0.184. The maximum atomic E-state index is 12.3. The lowest BCUT2D eigenvalue weighted by Gasteiger charge is -2.28. The number of carbonyl (C=O) groups excluding carboxylic acids is 1. The summed E-state index contributed by atoms with van der Waals surface area (Å²) in [5, 5.41) is 0. The molecular formula is C13H27N3O2. The average Bonchev–Trinajstić information content (AvgIpc) is 2.75. The molecule has 1 amide bonds. The molecule has 1 heterocycles. The molecule has 0 aromatic rings. The van der Waals surface area contributed by atoms with Crippen LogP contribution in [0.4, 0.5) is 0 Å². The number of hydrogen-bond acceptors (Lipinski definition) is 4. The minimum Gasteiger partial charge on any atom is -0.377 e. The van der Waals surface area contributed by atoms with E-state index in [1.807, 2.05) is 25.9 Å². The Hall–Kier alpha value is -0.650. The van der Waals surface area contributed by atoms with E-state index in [0.717, 1.165) is 25.9 Å². The molecule has 5 nitrogen and oxygen atoms in total. The Morgan fingerprint density at radius 3 is 2.83 bits per heavy atom. The normalized spacial score (nSPS) is 21.6. The second-order valence-corrected chi connectivity index (χ2v) is 5.16. The van der Waals surface area contributed by atoms with E-state index < -0.39 is 0 Å². The van der Waals surface area contributed by atoms with E-state index >= 15 is 0 Å². The highest BCUT2D eigenvalue weighted by atomic mass is 16.5. The number of carbonyl (C=O) groups is 1. The molecule has 2 N–H and O–H groups in total. The standard InChI is InChI=1S/C13H27N3O2/c1-4-18-12(9-14)8-13(17)16-7-5-6-11(16)10-15(2)3/h11-12H,4-10,14H2,1-3H3. The van der Waals surface area contributed by atoms with Crippen LogP contribution in [-0.4, -0.2) is 68.2 Å². The van der Waals surface area contributed by atoms with Crippen molar-refractivity contribution in [3.05, 3.63) is 0 Å². The van der Waals surface area contributed by atoms with Crippen molar-refractivity contribution in [3.63, 3.8) is 0 Å². The highest BCUT2D eigenvalue weighted by Crippen LogP contribution is 2.19. The predicted octanol–water partition coefficient (Wildman–Crippen LogP) is 0.293. The maximum Gasteiger partial charge on any atom is 0.225 e. The summed E-state index contributed by atoms with van der Waals surface area (Å²) in [4.78, 5) is 16.4. The SMILES string of the molecule is CCOC(CN)CC(=O)N1CCCC1CN(C)C. The molecule has 1 aliphatic heterocycles. The summed E-state index contributed by atoms with van der Waals surface area (Å²) < 4.78 is 5.45. The lowest BCUT2D eigenvalue weighted by molar-refractivity contribution is -0.135. The molecule has 1 aliphatic rings. The zero-order valence-corrected chi connectivity index (χ0v) is 11.9. The van der Waals surface area contributed by atoms with Crippen molar-refractivity contribution in [2.24, 2.45) is 5.73 Å². The van der Waals surface area contributed by atoms with E-state index in [0.29, 0.717) is 25.6 Å². The van der Waals surface area contributed by atoms with Crippen LogP contribution in [0.1, 0.15) is 26.2 Å². The van der Waals surface area contributed by atoms with E-state index in [2.05, 4.69) is 4.90 Å². The molecular weight excluding hydrogens is 230 g/mol. The third-order valence-corrected chi connectivity index (χ3v) is 3.34. The highest BCUT2D eigenvalue weighted by Gasteiger charge is 2.29. The van der Waals surface area contributed by atoms with E-state index in [-0.39, 0.29) is 12.0 Å². The number of likely N-dealkylation sites (tertiary alicyclic amines) is 1. The third-order valence-electron chi connectivity index (χ3n) is 3.34. The molecule has 5 heteroatoms. The molecule has 0 aromatic carbocycles. The van der Waals surface area contributed by atoms with E-state index in [1.165, 1.54) is 0 Å². The molecule has 2 atom stereocenters. The smallest absolute Gasteiger partial charge is 0.225 e. The number of nitrogens with zero attached hydrogens (tertiary/aromatic N) is 2. The van der Waals surface area contributed by atoms with Crippen LogP contribution in [0, 0.1) is 0 Å².